The van der Waals surface area contributed by atoms with Gasteiger partial charge < -0.3 is 14.8 Å². The van der Waals surface area contributed by atoms with Crippen LogP contribution in [0.2, 0.25) is 0 Å². The molecule has 0 saturated heterocycles. The van der Waals surface area contributed by atoms with Crippen LogP contribution in [0.1, 0.15) is 38.3 Å². The highest BCUT2D eigenvalue weighted by molar-refractivity contribution is 5.87. The minimum atomic E-state index is -1.23. The molecule has 0 bridgehead atoms. The van der Waals surface area contributed by atoms with E-state index in [1.165, 1.54) is 7.05 Å². The third-order valence-corrected chi connectivity index (χ3v) is 4.20. The molecule has 32 heavy (non-hydrogen) atoms. The maximum Gasteiger partial charge on any atom is 0.408 e. The third-order valence-electron chi connectivity index (χ3n) is 4.20. The number of benzene rings is 2. The fraction of sp³-hybridized carbons (Fsp3) is 0.375. The lowest BCUT2D eigenvalue weighted by Gasteiger charge is -2.24. The lowest BCUT2D eigenvalue weighted by Crippen LogP contribution is -2.46. The van der Waals surface area contributed by atoms with E-state index >= 15 is 0 Å². The molecule has 0 heterocycles. The zero-order valence-electron chi connectivity index (χ0n) is 18.9. The first-order valence-corrected chi connectivity index (χ1v) is 10.3. The summed E-state index contributed by atoms with van der Waals surface area (Å²) in [4.78, 5) is 43.0. The number of alkyl carbamates (subject to hydrolysis) is 1. The Labute approximate surface area is 188 Å². The van der Waals surface area contributed by atoms with E-state index in [1.807, 2.05) is 48.5 Å². The summed E-state index contributed by atoms with van der Waals surface area (Å²) in [5.74, 6) is -1.25. The van der Waals surface area contributed by atoms with Crippen LogP contribution in [0.25, 0.3) is 0 Å². The number of nitrogens with zero attached hydrogens (tertiary/aromatic N) is 1. The van der Waals surface area contributed by atoms with Crippen molar-refractivity contribution in [1.82, 2.24) is 10.4 Å². The van der Waals surface area contributed by atoms with Gasteiger partial charge in [-0.3, -0.25) is 9.63 Å². The molecule has 1 N–H and O–H groups in total. The van der Waals surface area contributed by atoms with E-state index in [-0.39, 0.29) is 19.6 Å². The molecular weight excluding hydrogens is 412 g/mol. The van der Waals surface area contributed by atoms with Crippen molar-refractivity contribution < 1.29 is 28.7 Å². The van der Waals surface area contributed by atoms with E-state index in [1.54, 1.807) is 32.9 Å². The molecule has 0 aliphatic heterocycles. The zero-order chi connectivity index (χ0) is 23.6. The second kappa shape index (κ2) is 11.9. The predicted molar refractivity (Wildman–Crippen MR) is 118 cm³/mol. The van der Waals surface area contributed by atoms with Crippen LogP contribution in [0.15, 0.2) is 60.7 Å². The molecule has 172 valence electrons. The van der Waals surface area contributed by atoms with Crippen molar-refractivity contribution >= 4 is 18.0 Å². The number of esters is 1. The molecule has 0 aliphatic carbocycles. The SMILES string of the molecule is CN(OCc1ccccc1)C(=O)C[C@H](NC(=O)OC(C)(C)C)C(=O)OCc1ccccc1. The van der Waals surface area contributed by atoms with Crippen LogP contribution in [-0.4, -0.2) is 41.7 Å². The summed E-state index contributed by atoms with van der Waals surface area (Å²) in [6.07, 6.45) is -1.17. The smallest absolute Gasteiger partial charge is 0.408 e. The highest BCUT2D eigenvalue weighted by Crippen LogP contribution is 2.10. The number of hydrogen-bond donors (Lipinski definition) is 1. The summed E-state index contributed by atoms with van der Waals surface area (Å²) in [5, 5.41) is 3.47. The van der Waals surface area contributed by atoms with Crippen molar-refractivity contribution in [2.24, 2.45) is 0 Å². The average molecular weight is 443 g/mol. The van der Waals surface area contributed by atoms with E-state index in [0.29, 0.717) is 0 Å². The summed E-state index contributed by atoms with van der Waals surface area (Å²) >= 11 is 0. The number of amides is 2. The van der Waals surface area contributed by atoms with E-state index in [2.05, 4.69) is 5.32 Å². The molecule has 2 amide bonds. The summed E-state index contributed by atoms with van der Waals surface area (Å²) in [7, 11) is 1.45. The first kappa shape index (κ1) is 24.9. The van der Waals surface area contributed by atoms with Crippen molar-refractivity contribution in [3.05, 3.63) is 71.8 Å². The van der Waals surface area contributed by atoms with Gasteiger partial charge in [0, 0.05) is 7.05 Å². The lowest BCUT2D eigenvalue weighted by atomic mass is 10.2. The number of rotatable bonds is 9. The number of nitrogens with one attached hydrogen (secondary N) is 1. The number of carbonyl (C=O) groups is 3. The Bertz CT molecular complexity index is 880. The predicted octanol–water partition coefficient (Wildman–Crippen LogP) is 3.60. The van der Waals surface area contributed by atoms with Crippen molar-refractivity contribution in [1.29, 1.82) is 0 Å². The van der Waals surface area contributed by atoms with Crippen LogP contribution in [0, 0.1) is 0 Å². The van der Waals surface area contributed by atoms with Gasteiger partial charge in [0.1, 0.15) is 24.9 Å². The van der Waals surface area contributed by atoms with Crippen molar-refractivity contribution in [2.45, 2.75) is 52.0 Å². The van der Waals surface area contributed by atoms with E-state index in [4.69, 9.17) is 14.3 Å². The van der Waals surface area contributed by atoms with Gasteiger partial charge in [-0.05, 0) is 31.9 Å². The van der Waals surface area contributed by atoms with Crippen LogP contribution in [0.3, 0.4) is 0 Å². The number of hydroxylamine groups is 2. The lowest BCUT2D eigenvalue weighted by molar-refractivity contribution is -0.184. The molecule has 2 rings (SSSR count). The zero-order valence-corrected chi connectivity index (χ0v) is 18.9. The van der Waals surface area contributed by atoms with Crippen molar-refractivity contribution in [2.75, 3.05) is 7.05 Å². The molecule has 1 atom stereocenters. The van der Waals surface area contributed by atoms with Gasteiger partial charge >= 0.3 is 12.1 Å². The molecule has 8 heteroatoms. The molecule has 8 nitrogen and oxygen atoms in total. The van der Waals surface area contributed by atoms with Gasteiger partial charge in [0.25, 0.3) is 0 Å². The fourth-order valence-corrected chi connectivity index (χ4v) is 2.59. The largest absolute Gasteiger partial charge is 0.459 e. The molecular formula is C24H30N2O6. The van der Waals surface area contributed by atoms with Crippen LogP contribution in [0.5, 0.6) is 0 Å². The van der Waals surface area contributed by atoms with Gasteiger partial charge in [-0.25, -0.2) is 14.7 Å². The second-order valence-corrected chi connectivity index (χ2v) is 8.15. The van der Waals surface area contributed by atoms with Crippen LogP contribution >= 0.6 is 0 Å². The summed E-state index contributed by atoms with van der Waals surface area (Å²) in [6.45, 7) is 5.30. The number of carbonyl (C=O) groups excluding carboxylic acids is 3. The summed E-state index contributed by atoms with van der Waals surface area (Å²) in [5.41, 5.74) is 0.909. The highest BCUT2D eigenvalue weighted by atomic mass is 16.7. The molecule has 0 fully saturated rings. The molecule has 0 aromatic heterocycles. The molecule has 0 radical (unpaired) electrons. The Morgan fingerprint density at radius 2 is 1.44 bits per heavy atom. The summed E-state index contributed by atoms with van der Waals surface area (Å²) < 4.78 is 10.5. The topological polar surface area (TPSA) is 94.2 Å². The average Bonchev–Trinajstić information content (AvgIpc) is 2.75. The van der Waals surface area contributed by atoms with E-state index in [0.717, 1.165) is 16.2 Å². The fourth-order valence-electron chi connectivity index (χ4n) is 2.59. The highest BCUT2D eigenvalue weighted by Gasteiger charge is 2.29. The van der Waals surface area contributed by atoms with Gasteiger partial charge in [0.05, 0.1) is 6.42 Å². The molecule has 2 aromatic rings. The summed E-state index contributed by atoms with van der Waals surface area (Å²) in [6, 6.07) is 17.2. The maximum absolute atomic E-state index is 12.7. The van der Waals surface area contributed by atoms with Gasteiger partial charge in [0.15, 0.2) is 0 Å². The second-order valence-electron chi connectivity index (χ2n) is 8.15. The Morgan fingerprint density at radius 1 is 0.906 bits per heavy atom. The first-order chi connectivity index (χ1) is 15.1. The molecule has 0 aliphatic rings. The van der Waals surface area contributed by atoms with Crippen molar-refractivity contribution in [3.63, 3.8) is 0 Å². The Morgan fingerprint density at radius 3 is 1.97 bits per heavy atom. The Kier molecular flexibility index (Phi) is 9.22. The van der Waals surface area contributed by atoms with E-state index in [9.17, 15) is 14.4 Å². The number of ether oxygens (including phenoxy) is 2. The van der Waals surface area contributed by atoms with Crippen LogP contribution in [0.4, 0.5) is 4.79 Å². The first-order valence-electron chi connectivity index (χ1n) is 10.3. The molecule has 0 saturated carbocycles. The van der Waals surface area contributed by atoms with E-state index < -0.39 is 29.6 Å². The minimum absolute atomic E-state index is 0.0146. The Hall–Kier alpha value is -3.39. The maximum atomic E-state index is 12.7. The van der Waals surface area contributed by atoms with Crippen LogP contribution < -0.4 is 5.32 Å². The van der Waals surface area contributed by atoms with Gasteiger partial charge in [-0.2, -0.15) is 0 Å². The van der Waals surface area contributed by atoms with Gasteiger partial charge in [0.2, 0.25) is 5.91 Å². The minimum Gasteiger partial charge on any atom is -0.459 e. The normalized spacial score (nSPS) is 11.9. The Balaban J connectivity index is 1.99. The number of hydrogen-bond acceptors (Lipinski definition) is 6. The van der Waals surface area contributed by atoms with Crippen molar-refractivity contribution in [3.8, 4) is 0 Å². The quantitative estimate of drug-likeness (QED) is 0.471. The van der Waals surface area contributed by atoms with Crippen LogP contribution in [-0.2, 0) is 37.1 Å². The standard InChI is InChI=1S/C24H30N2O6/c1-24(2,3)32-23(29)25-20(22(28)30-16-18-11-7-5-8-12-18)15-21(27)26(4)31-17-19-13-9-6-10-14-19/h5-14,20H,15-17H2,1-4H3,(H,25,29)/t20-/m0/s1. The van der Waals surface area contributed by atoms with Gasteiger partial charge in [-0.15, -0.1) is 0 Å². The van der Waals surface area contributed by atoms with Gasteiger partial charge in [-0.1, -0.05) is 60.7 Å². The third kappa shape index (κ3) is 9.18. The molecule has 0 spiro atoms. The molecule has 2 aromatic carbocycles. The molecule has 0 unspecified atom stereocenters. The monoisotopic (exact) mass is 442 g/mol.